The van der Waals surface area contributed by atoms with Crippen LogP contribution in [0.2, 0.25) is 0 Å². The van der Waals surface area contributed by atoms with Crippen LogP contribution in [0.4, 0.5) is 5.69 Å². The van der Waals surface area contributed by atoms with E-state index in [9.17, 15) is 13.2 Å². The van der Waals surface area contributed by atoms with E-state index >= 15 is 0 Å². The first-order valence-corrected chi connectivity index (χ1v) is 10.8. The van der Waals surface area contributed by atoms with Gasteiger partial charge in [-0.2, -0.15) is 0 Å². The molecule has 2 aliphatic heterocycles. The summed E-state index contributed by atoms with van der Waals surface area (Å²) in [4.78, 5) is 14.7. The van der Waals surface area contributed by atoms with Crippen molar-refractivity contribution in [2.75, 3.05) is 23.0 Å². The molecule has 1 saturated heterocycles. The summed E-state index contributed by atoms with van der Waals surface area (Å²) in [5, 5.41) is 2.83. The largest absolute Gasteiger partial charge is 0.367 e. The van der Waals surface area contributed by atoms with Gasteiger partial charge < -0.3 is 10.2 Å². The van der Waals surface area contributed by atoms with Gasteiger partial charge in [-0.3, -0.25) is 4.79 Å². The van der Waals surface area contributed by atoms with E-state index in [2.05, 4.69) is 34.5 Å². The highest BCUT2D eigenvalue weighted by atomic mass is 32.2. The average Bonchev–Trinajstić information content (AvgIpc) is 2.99. The number of fused-ring (bicyclic) bond motifs is 1. The van der Waals surface area contributed by atoms with E-state index in [0.29, 0.717) is 12.0 Å². The minimum absolute atomic E-state index is 0.0456. The Kier molecular flexibility index (Phi) is 4.44. The Bertz CT molecular complexity index is 922. The second kappa shape index (κ2) is 6.76. The van der Waals surface area contributed by atoms with Crippen LogP contribution in [0.25, 0.3) is 0 Å². The van der Waals surface area contributed by atoms with Crippen LogP contribution in [-0.2, 0) is 22.8 Å². The summed E-state index contributed by atoms with van der Waals surface area (Å²) < 4.78 is 23.0. The lowest BCUT2D eigenvalue weighted by Crippen LogP contribution is -2.35. The highest BCUT2D eigenvalue weighted by Gasteiger charge is 2.29. The van der Waals surface area contributed by atoms with Crippen molar-refractivity contribution in [2.24, 2.45) is 0 Å². The molecule has 5 nitrogen and oxygen atoms in total. The number of sulfone groups is 1. The molecule has 26 heavy (non-hydrogen) atoms. The fourth-order valence-electron chi connectivity index (χ4n) is 3.72. The van der Waals surface area contributed by atoms with Crippen molar-refractivity contribution >= 4 is 21.4 Å². The maximum atomic E-state index is 12.3. The number of amides is 1. The van der Waals surface area contributed by atoms with E-state index in [0.717, 1.165) is 25.2 Å². The fourth-order valence-corrected chi connectivity index (χ4v) is 5.39. The Morgan fingerprint density at radius 3 is 2.46 bits per heavy atom. The first-order valence-electron chi connectivity index (χ1n) is 8.93. The predicted molar refractivity (Wildman–Crippen MR) is 102 cm³/mol. The van der Waals surface area contributed by atoms with Gasteiger partial charge in [0.15, 0.2) is 9.84 Å². The van der Waals surface area contributed by atoms with E-state index in [-0.39, 0.29) is 23.5 Å². The van der Waals surface area contributed by atoms with E-state index in [1.165, 1.54) is 11.1 Å². The molecule has 0 saturated carbocycles. The molecule has 0 radical (unpaired) electrons. The zero-order chi connectivity index (χ0) is 18.1. The minimum atomic E-state index is -2.99. The number of rotatable bonds is 3. The molecular weight excluding hydrogens is 348 g/mol. The van der Waals surface area contributed by atoms with Gasteiger partial charge in [-0.1, -0.05) is 24.3 Å². The molecule has 0 spiro atoms. The number of benzene rings is 2. The van der Waals surface area contributed by atoms with Gasteiger partial charge in [0, 0.05) is 30.4 Å². The lowest BCUT2D eigenvalue weighted by atomic mass is 9.99. The van der Waals surface area contributed by atoms with E-state index < -0.39 is 9.84 Å². The number of nitrogens with one attached hydrogen (secondary N) is 1. The quantitative estimate of drug-likeness (QED) is 0.899. The van der Waals surface area contributed by atoms with Gasteiger partial charge in [0.2, 0.25) is 0 Å². The fraction of sp³-hybridized carbons (Fsp3) is 0.350. The summed E-state index contributed by atoms with van der Waals surface area (Å²) in [7, 11) is -2.99. The molecule has 0 unspecified atom stereocenters. The molecule has 4 rings (SSSR count). The van der Waals surface area contributed by atoms with Gasteiger partial charge in [-0.25, -0.2) is 8.42 Å². The van der Waals surface area contributed by atoms with Crippen LogP contribution in [0.3, 0.4) is 0 Å². The number of hydrogen-bond donors (Lipinski definition) is 1. The molecular formula is C20H22N2O3S. The number of carbonyl (C=O) groups is 1. The first-order chi connectivity index (χ1) is 12.5. The van der Waals surface area contributed by atoms with E-state index in [4.69, 9.17) is 0 Å². The van der Waals surface area contributed by atoms with Crippen molar-refractivity contribution in [3.05, 3.63) is 65.2 Å². The molecule has 136 valence electrons. The van der Waals surface area contributed by atoms with E-state index in [1.807, 2.05) is 24.3 Å². The molecule has 1 fully saturated rings. The Morgan fingerprint density at radius 1 is 1.04 bits per heavy atom. The highest BCUT2D eigenvalue weighted by molar-refractivity contribution is 7.91. The third-order valence-corrected chi connectivity index (χ3v) is 6.96. The molecule has 2 heterocycles. The van der Waals surface area contributed by atoms with Crippen LogP contribution >= 0.6 is 0 Å². The predicted octanol–water partition coefficient (Wildman–Crippen LogP) is 2.17. The minimum Gasteiger partial charge on any atom is -0.367 e. The Hall–Kier alpha value is -2.34. The number of carbonyl (C=O) groups excluding carboxylic acids is 1. The summed E-state index contributed by atoms with van der Waals surface area (Å²) in [6.07, 6.45) is 1.52. The summed E-state index contributed by atoms with van der Waals surface area (Å²) in [5.41, 5.74) is 4.42. The Labute approximate surface area is 153 Å². The molecule has 1 amide bonds. The molecule has 2 aliphatic rings. The third-order valence-electron chi connectivity index (χ3n) is 5.19. The molecule has 0 aliphatic carbocycles. The topological polar surface area (TPSA) is 66.5 Å². The van der Waals surface area contributed by atoms with Crippen molar-refractivity contribution < 1.29 is 13.2 Å². The highest BCUT2D eigenvalue weighted by Crippen LogP contribution is 2.24. The molecule has 0 bridgehead atoms. The number of anilines is 1. The Balaban J connectivity index is 1.42. The first kappa shape index (κ1) is 17.1. The molecule has 6 heteroatoms. The molecule has 1 atom stereocenters. The standard InChI is InChI=1S/C20H22N2O3S/c23-20(21-18-10-12-26(24,25)14-18)16-5-7-19(8-6-16)22-11-9-15-3-1-2-4-17(15)13-22/h1-8,18H,9-14H2,(H,21,23)/t18-/m0/s1. The third kappa shape index (κ3) is 3.60. The molecule has 2 aromatic rings. The zero-order valence-electron chi connectivity index (χ0n) is 14.5. The normalized spacial score (nSPS) is 21.2. The van der Waals surface area contributed by atoms with Crippen molar-refractivity contribution in [2.45, 2.75) is 25.4 Å². The van der Waals surface area contributed by atoms with Gasteiger partial charge in [0.1, 0.15) is 0 Å². The second-order valence-electron chi connectivity index (χ2n) is 7.06. The molecule has 0 aromatic heterocycles. The maximum absolute atomic E-state index is 12.3. The van der Waals surface area contributed by atoms with Crippen LogP contribution in [-0.4, -0.2) is 38.4 Å². The number of hydrogen-bond acceptors (Lipinski definition) is 4. The molecule has 2 aromatic carbocycles. The van der Waals surface area contributed by atoms with Crippen molar-refractivity contribution in [1.29, 1.82) is 0 Å². The van der Waals surface area contributed by atoms with Crippen LogP contribution in [0.1, 0.15) is 27.9 Å². The molecule has 1 N–H and O–H groups in total. The van der Waals surface area contributed by atoms with Gasteiger partial charge in [-0.15, -0.1) is 0 Å². The SMILES string of the molecule is O=C(N[C@H]1CCS(=O)(=O)C1)c1ccc(N2CCc3ccccc3C2)cc1. The monoisotopic (exact) mass is 370 g/mol. The van der Waals surface area contributed by atoms with Crippen LogP contribution in [0, 0.1) is 0 Å². The van der Waals surface area contributed by atoms with Crippen LogP contribution in [0.15, 0.2) is 48.5 Å². The lowest BCUT2D eigenvalue weighted by molar-refractivity contribution is 0.0941. The van der Waals surface area contributed by atoms with Gasteiger partial charge in [0.25, 0.3) is 5.91 Å². The lowest BCUT2D eigenvalue weighted by Gasteiger charge is -2.30. The summed E-state index contributed by atoms with van der Waals surface area (Å²) in [6.45, 7) is 1.84. The van der Waals surface area contributed by atoms with E-state index in [1.54, 1.807) is 0 Å². The van der Waals surface area contributed by atoms with Gasteiger partial charge >= 0.3 is 0 Å². The van der Waals surface area contributed by atoms with Gasteiger partial charge in [-0.05, 0) is 48.2 Å². The average molecular weight is 370 g/mol. The van der Waals surface area contributed by atoms with Crippen molar-refractivity contribution in [1.82, 2.24) is 5.32 Å². The maximum Gasteiger partial charge on any atom is 0.251 e. The van der Waals surface area contributed by atoms with Crippen LogP contribution in [0.5, 0.6) is 0 Å². The van der Waals surface area contributed by atoms with Crippen molar-refractivity contribution in [3.8, 4) is 0 Å². The van der Waals surface area contributed by atoms with Gasteiger partial charge in [0.05, 0.1) is 11.5 Å². The Morgan fingerprint density at radius 2 is 1.77 bits per heavy atom. The second-order valence-corrected chi connectivity index (χ2v) is 9.29. The summed E-state index contributed by atoms with van der Waals surface area (Å²) in [5.74, 6) is -0.000206. The zero-order valence-corrected chi connectivity index (χ0v) is 15.3. The summed E-state index contributed by atoms with van der Waals surface area (Å²) >= 11 is 0. The summed E-state index contributed by atoms with van der Waals surface area (Å²) in [6, 6.07) is 15.8. The number of nitrogens with zero attached hydrogens (tertiary/aromatic N) is 1. The van der Waals surface area contributed by atoms with Crippen LogP contribution < -0.4 is 10.2 Å². The van der Waals surface area contributed by atoms with Crippen molar-refractivity contribution in [3.63, 3.8) is 0 Å². The smallest absolute Gasteiger partial charge is 0.251 e.